The third kappa shape index (κ3) is 5.72. The first kappa shape index (κ1) is 21.1. The number of ketones is 1. The lowest BCUT2D eigenvalue weighted by Gasteiger charge is -2.04. The lowest BCUT2D eigenvalue weighted by atomic mass is 10.1. The van der Waals surface area contributed by atoms with Crippen molar-refractivity contribution in [3.05, 3.63) is 117 Å². The lowest BCUT2D eigenvalue weighted by molar-refractivity contribution is 0.105. The van der Waals surface area contributed by atoms with Gasteiger partial charge in [0.1, 0.15) is 29.7 Å². The van der Waals surface area contributed by atoms with Crippen molar-refractivity contribution in [3.63, 3.8) is 0 Å². The van der Waals surface area contributed by atoms with Crippen LogP contribution in [0.3, 0.4) is 0 Å². The largest absolute Gasteiger partial charge is 0.486 e. The van der Waals surface area contributed by atoms with Crippen LogP contribution in [0.5, 0.6) is 5.75 Å². The number of ether oxygens (including phenoxy) is 1. The van der Waals surface area contributed by atoms with Crippen molar-refractivity contribution in [2.45, 2.75) is 13.0 Å². The van der Waals surface area contributed by atoms with E-state index < -0.39 is 5.82 Å². The molecule has 0 aliphatic heterocycles. The standard InChI is InChI=1S/C25H18ClFO3S/c26-22-15-19(8-11-23(22)27)29-16-20-7-6-18(30-20)9-12-24(28)25-13-10-21(31-25)14-17-4-2-1-3-5-17/h1-13,15H,14,16H2/b12-9+. The molecule has 0 atom stereocenters. The molecule has 0 unspecified atom stereocenters. The van der Waals surface area contributed by atoms with Gasteiger partial charge >= 0.3 is 0 Å². The second-order valence-electron chi connectivity index (χ2n) is 6.79. The number of hydrogen-bond acceptors (Lipinski definition) is 4. The van der Waals surface area contributed by atoms with Gasteiger partial charge in [0, 0.05) is 17.4 Å². The van der Waals surface area contributed by atoms with Crippen molar-refractivity contribution < 1.29 is 18.3 Å². The molecule has 4 aromatic rings. The van der Waals surface area contributed by atoms with Gasteiger partial charge in [-0.3, -0.25) is 4.79 Å². The van der Waals surface area contributed by atoms with Gasteiger partial charge in [-0.25, -0.2) is 4.39 Å². The minimum atomic E-state index is -0.498. The molecule has 0 saturated carbocycles. The van der Waals surface area contributed by atoms with Crippen molar-refractivity contribution in [3.8, 4) is 5.75 Å². The van der Waals surface area contributed by atoms with Crippen LogP contribution in [0.4, 0.5) is 4.39 Å². The van der Waals surface area contributed by atoms with Crippen LogP contribution in [0.15, 0.2) is 83.3 Å². The Hall–Kier alpha value is -3.15. The van der Waals surface area contributed by atoms with Crippen molar-refractivity contribution in [2.24, 2.45) is 0 Å². The Morgan fingerprint density at radius 3 is 2.71 bits per heavy atom. The molecular formula is C25H18ClFO3S. The highest BCUT2D eigenvalue weighted by Crippen LogP contribution is 2.23. The van der Waals surface area contributed by atoms with Crippen LogP contribution in [-0.2, 0) is 13.0 Å². The highest BCUT2D eigenvalue weighted by atomic mass is 35.5. The Bertz CT molecular complexity index is 1210. The van der Waals surface area contributed by atoms with Crippen LogP contribution in [0, 0.1) is 5.82 Å². The third-order valence-electron chi connectivity index (χ3n) is 4.48. The highest BCUT2D eigenvalue weighted by Gasteiger charge is 2.08. The zero-order valence-electron chi connectivity index (χ0n) is 16.4. The van der Waals surface area contributed by atoms with E-state index in [1.807, 2.05) is 30.3 Å². The highest BCUT2D eigenvalue weighted by molar-refractivity contribution is 7.14. The van der Waals surface area contributed by atoms with Gasteiger partial charge in [-0.05, 0) is 54.1 Å². The molecule has 2 aromatic carbocycles. The van der Waals surface area contributed by atoms with Crippen LogP contribution in [0.25, 0.3) is 6.08 Å². The van der Waals surface area contributed by atoms with E-state index in [9.17, 15) is 9.18 Å². The van der Waals surface area contributed by atoms with Crippen molar-refractivity contribution in [1.82, 2.24) is 0 Å². The van der Waals surface area contributed by atoms with Gasteiger partial charge in [0.25, 0.3) is 0 Å². The maximum absolute atomic E-state index is 13.2. The Kier molecular flexibility index (Phi) is 6.65. The van der Waals surface area contributed by atoms with Gasteiger partial charge in [0.05, 0.1) is 9.90 Å². The zero-order chi connectivity index (χ0) is 21.6. The topological polar surface area (TPSA) is 39.4 Å². The fourth-order valence-corrected chi connectivity index (χ4v) is 4.06. The van der Waals surface area contributed by atoms with Gasteiger partial charge in [-0.2, -0.15) is 0 Å². The third-order valence-corrected chi connectivity index (χ3v) is 5.87. The monoisotopic (exact) mass is 452 g/mol. The predicted octanol–water partition coefficient (Wildman–Crippen LogP) is 7.20. The van der Waals surface area contributed by atoms with Gasteiger partial charge in [-0.1, -0.05) is 41.9 Å². The van der Waals surface area contributed by atoms with Crippen LogP contribution in [0.1, 0.15) is 31.6 Å². The molecule has 0 amide bonds. The van der Waals surface area contributed by atoms with E-state index in [1.54, 1.807) is 18.2 Å². The molecule has 2 heterocycles. The minimum absolute atomic E-state index is 0.000386. The first-order valence-electron chi connectivity index (χ1n) is 9.58. The lowest BCUT2D eigenvalue weighted by Crippen LogP contribution is -1.94. The van der Waals surface area contributed by atoms with Crippen LogP contribution < -0.4 is 4.74 Å². The molecule has 4 rings (SSSR count). The average molecular weight is 453 g/mol. The van der Waals surface area contributed by atoms with Gasteiger partial charge in [0.15, 0.2) is 5.78 Å². The molecule has 0 N–H and O–H groups in total. The summed E-state index contributed by atoms with van der Waals surface area (Å²) < 4.78 is 24.4. The first-order chi connectivity index (χ1) is 15.1. The van der Waals surface area contributed by atoms with Gasteiger partial charge < -0.3 is 9.15 Å². The van der Waals surface area contributed by atoms with E-state index in [0.29, 0.717) is 22.1 Å². The van der Waals surface area contributed by atoms with Crippen LogP contribution in [-0.4, -0.2) is 5.78 Å². The molecule has 0 spiro atoms. The molecule has 0 radical (unpaired) electrons. The number of halogens is 2. The molecule has 156 valence electrons. The van der Waals surface area contributed by atoms with Gasteiger partial charge in [0.2, 0.25) is 0 Å². The summed E-state index contributed by atoms with van der Waals surface area (Å²) in [5, 5.41) is -0.000386. The van der Waals surface area contributed by atoms with E-state index in [1.165, 1.54) is 41.2 Å². The number of carbonyl (C=O) groups is 1. The van der Waals surface area contributed by atoms with E-state index in [2.05, 4.69) is 12.1 Å². The molecule has 2 aromatic heterocycles. The Morgan fingerprint density at radius 2 is 1.90 bits per heavy atom. The molecule has 6 heteroatoms. The smallest absolute Gasteiger partial charge is 0.195 e. The number of rotatable bonds is 8. The fraction of sp³-hybridized carbons (Fsp3) is 0.0800. The number of allylic oxidation sites excluding steroid dienone is 1. The molecule has 0 bridgehead atoms. The minimum Gasteiger partial charge on any atom is -0.486 e. The molecule has 0 saturated heterocycles. The normalized spacial score (nSPS) is 11.2. The fourth-order valence-electron chi connectivity index (χ4n) is 2.93. The second-order valence-corrected chi connectivity index (χ2v) is 8.37. The Labute approximate surface area is 188 Å². The van der Waals surface area contributed by atoms with Gasteiger partial charge in [-0.15, -0.1) is 11.3 Å². The van der Waals surface area contributed by atoms with E-state index in [4.69, 9.17) is 20.8 Å². The maximum atomic E-state index is 13.2. The number of carbonyl (C=O) groups excluding carboxylic acids is 1. The summed E-state index contributed by atoms with van der Waals surface area (Å²) in [6, 6.07) is 21.7. The summed E-state index contributed by atoms with van der Waals surface area (Å²) in [6.07, 6.45) is 3.95. The SMILES string of the molecule is O=C(/C=C/c1ccc(COc2ccc(F)c(Cl)c2)o1)c1ccc(Cc2ccccc2)s1. The summed E-state index contributed by atoms with van der Waals surface area (Å²) in [5.41, 5.74) is 1.21. The summed E-state index contributed by atoms with van der Waals surface area (Å²) in [4.78, 5) is 14.3. The quantitative estimate of drug-likeness (QED) is 0.209. The number of benzene rings is 2. The maximum Gasteiger partial charge on any atom is 0.195 e. The van der Waals surface area contributed by atoms with Crippen molar-refractivity contribution in [2.75, 3.05) is 0 Å². The summed E-state index contributed by atoms with van der Waals surface area (Å²) in [6.45, 7) is 0.164. The van der Waals surface area contributed by atoms with Crippen LogP contribution >= 0.6 is 22.9 Å². The second kappa shape index (κ2) is 9.77. The number of hydrogen-bond donors (Lipinski definition) is 0. The predicted molar refractivity (Wildman–Crippen MR) is 121 cm³/mol. The average Bonchev–Trinajstić information content (AvgIpc) is 3.43. The van der Waals surface area contributed by atoms with Crippen LogP contribution in [0.2, 0.25) is 5.02 Å². The molecule has 0 aliphatic carbocycles. The Morgan fingerprint density at radius 1 is 1.06 bits per heavy atom. The van der Waals surface area contributed by atoms with Crippen molar-refractivity contribution >= 4 is 34.8 Å². The number of thiophene rings is 1. The van der Waals surface area contributed by atoms with E-state index >= 15 is 0 Å². The molecule has 3 nitrogen and oxygen atoms in total. The summed E-state index contributed by atoms with van der Waals surface area (Å²) >= 11 is 7.24. The molecule has 31 heavy (non-hydrogen) atoms. The van der Waals surface area contributed by atoms with E-state index in [-0.39, 0.29) is 17.4 Å². The summed E-state index contributed by atoms with van der Waals surface area (Å²) in [5.74, 6) is 1.000. The summed E-state index contributed by atoms with van der Waals surface area (Å²) in [7, 11) is 0. The molecule has 0 fully saturated rings. The Balaban J connectivity index is 1.33. The molecule has 0 aliphatic rings. The zero-order valence-corrected chi connectivity index (χ0v) is 18.0. The van der Waals surface area contributed by atoms with Crippen molar-refractivity contribution in [1.29, 1.82) is 0 Å². The number of furan rings is 1. The first-order valence-corrected chi connectivity index (χ1v) is 10.8. The van der Waals surface area contributed by atoms with E-state index in [0.717, 1.165) is 11.3 Å². The molecular weight excluding hydrogens is 435 g/mol.